The van der Waals surface area contributed by atoms with Gasteiger partial charge in [-0.25, -0.2) is 0 Å². The highest BCUT2D eigenvalue weighted by atomic mass is 16.4. The van der Waals surface area contributed by atoms with E-state index in [1.807, 2.05) is 0 Å². The molecular weight excluding hydrogens is 146 g/mol. The van der Waals surface area contributed by atoms with Crippen LogP contribution in [0.25, 0.3) is 0 Å². The summed E-state index contributed by atoms with van der Waals surface area (Å²) in [6, 6.07) is 0. The summed E-state index contributed by atoms with van der Waals surface area (Å²) in [5.41, 5.74) is 0. The molecule has 0 aromatic carbocycles. The highest BCUT2D eigenvalue weighted by molar-refractivity contribution is 5.73. The number of rotatable bonds is 4. The lowest BCUT2D eigenvalue weighted by Crippen LogP contribution is -2.32. The second-order valence-corrected chi connectivity index (χ2v) is 2.49. The van der Waals surface area contributed by atoms with Gasteiger partial charge in [-0.3, -0.25) is 4.79 Å². The van der Waals surface area contributed by atoms with Crippen LogP contribution in [0.3, 0.4) is 0 Å². The van der Waals surface area contributed by atoms with Crippen molar-refractivity contribution in [2.45, 2.75) is 20.3 Å². The summed E-state index contributed by atoms with van der Waals surface area (Å²) in [5.74, 6) is -1.72. The summed E-state index contributed by atoms with van der Waals surface area (Å²) in [6.07, 6.45) is 0.419. The number of hydrogen-bond donors (Lipinski definition) is 1. The monoisotopic (exact) mass is 158 g/mol. The molecule has 0 spiro atoms. The highest BCUT2D eigenvalue weighted by Crippen LogP contribution is 1.97. The normalized spacial score (nSPS) is 12.2. The minimum absolute atomic E-state index is 0.143. The highest BCUT2D eigenvalue weighted by Gasteiger charge is 2.01. The number of aliphatic carboxylic acids is 1. The van der Waals surface area contributed by atoms with Crippen LogP contribution in [0.1, 0.15) is 20.3 Å². The van der Waals surface area contributed by atoms with E-state index in [-0.39, 0.29) is 5.91 Å². The molecule has 0 aliphatic rings. The molecule has 0 heterocycles. The first-order valence-electron chi connectivity index (χ1n) is 3.49. The Labute approximate surface area is 65.6 Å². The molecule has 11 heavy (non-hydrogen) atoms. The topological polar surface area (TPSA) is 69.2 Å². The molecule has 0 aromatic rings. The molecule has 1 amide bonds. The van der Waals surface area contributed by atoms with Gasteiger partial charge in [0.05, 0.1) is 0 Å². The van der Waals surface area contributed by atoms with Gasteiger partial charge in [-0.05, 0) is 12.3 Å². The van der Waals surface area contributed by atoms with Gasteiger partial charge in [0.25, 0.3) is 0 Å². The van der Waals surface area contributed by atoms with E-state index in [0.717, 1.165) is 0 Å². The van der Waals surface area contributed by atoms with Crippen LogP contribution in [0.4, 0.5) is 0 Å². The number of carbonyl (C=O) groups excluding carboxylic acids is 2. The molecule has 64 valence electrons. The fourth-order valence-corrected chi connectivity index (χ4v) is 0.583. The van der Waals surface area contributed by atoms with Crippen molar-refractivity contribution >= 4 is 11.9 Å². The third-order valence-electron chi connectivity index (χ3n) is 1.35. The maximum Gasteiger partial charge on any atom is 0.216 e. The Bertz CT molecular complexity index is 156. The number of carboxylic acids is 1. The van der Waals surface area contributed by atoms with Crippen molar-refractivity contribution in [1.82, 2.24) is 5.32 Å². The molecule has 0 aromatic heterocycles. The lowest BCUT2D eigenvalue weighted by atomic mass is 10.1. The van der Waals surface area contributed by atoms with E-state index in [1.54, 1.807) is 6.92 Å². The fourth-order valence-electron chi connectivity index (χ4n) is 0.583. The second-order valence-electron chi connectivity index (χ2n) is 2.49. The Morgan fingerprint density at radius 1 is 1.55 bits per heavy atom. The molecule has 0 bridgehead atoms. The molecule has 1 atom stereocenters. The number of amides is 1. The average molecular weight is 158 g/mol. The zero-order valence-corrected chi connectivity index (χ0v) is 6.72. The van der Waals surface area contributed by atoms with Crippen LogP contribution in [-0.4, -0.2) is 18.4 Å². The minimum Gasteiger partial charge on any atom is -0.550 e. The van der Waals surface area contributed by atoms with Crippen LogP contribution in [0.2, 0.25) is 0 Å². The Hall–Kier alpha value is -1.06. The Kier molecular flexibility index (Phi) is 4.26. The lowest BCUT2D eigenvalue weighted by Gasteiger charge is -2.11. The molecule has 0 radical (unpaired) electrons. The number of hydrogen-bond acceptors (Lipinski definition) is 3. The molecule has 0 aliphatic carbocycles. The first-order chi connectivity index (χ1) is 5.04. The van der Waals surface area contributed by atoms with Gasteiger partial charge in [0, 0.05) is 19.4 Å². The lowest BCUT2D eigenvalue weighted by molar-refractivity contribution is -0.311. The van der Waals surface area contributed by atoms with Crippen molar-refractivity contribution in [3.05, 3.63) is 0 Å². The molecule has 0 aliphatic heterocycles. The van der Waals surface area contributed by atoms with E-state index in [4.69, 9.17) is 0 Å². The maximum atomic E-state index is 10.3. The van der Waals surface area contributed by atoms with Crippen LogP contribution < -0.4 is 10.4 Å². The van der Waals surface area contributed by atoms with Gasteiger partial charge in [-0.15, -0.1) is 0 Å². The van der Waals surface area contributed by atoms with Crippen molar-refractivity contribution < 1.29 is 14.7 Å². The zero-order chi connectivity index (χ0) is 8.85. The largest absolute Gasteiger partial charge is 0.550 e. The summed E-state index contributed by atoms with van der Waals surface area (Å²) in [5, 5.41) is 12.7. The van der Waals surface area contributed by atoms with Crippen molar-refractivity contribution in [3.63, 3.8) is 0 Å². The van der Waals surface area contributed by atoms with Gasteiger partial charge in [-0.1, -0.05) is 6.92 Å². The summed E-state index contributed by atoms with van der Waals surface area (Å²) in [7, 11) is 0. The van der Waals surface area contributed by atoms with Crippen LogP contribution in [0.5, 0.6) is 0 Å². The summed E-state index contributed by atoms with van der Waals surface area (Å²) < 4.78 is 0. The van der Waals surface area contributed by atoms with Crippen LogP contribution in [0.15, 0.2) is 0 Å². The average Bonchev–Trinajstić information content (AvgIpc) is 1.86. The third kappa shape index (κ3) is 5.39. The molecule has 0 rings (SSSR count). The van der Waals surface area contributed by atoms with Gasteiger partial charge in [0.2, 0.25) is 5.91 Å². The quantitative estimate of drug-likeness (QED) is 0.564. The van der Waals surface area contributed by atoms with Gasteiger partial charge >= 0.3 is 0 Å². The Morgan fingerprint density at radius 3 is 2.45 bits per heavy atom. The van der Waals surface area contributed by atoms with Gasteiger partial charge in [-0.2, -0.15) is 0 Å². The van der Waals surface area contributed by atoms with Crippen molar-refractivity contribution in [2.24, 2.45) is 5.92 Å². The van der Waals surface area contributed by atoms with E-state index in [0.29, 0.717) is 13.0 Å². The maximum absolute atomic E-state index is 10.3. The number of carboxylic acid groups (broad SMARTS) is 1. The number of nitrogens with one attached hydrogen (secondary N) is 1. The molecule has 0 saturated carbocycles. The smallest absolute Gasteiger partial charge is 0.216 e. The van der Waals surface area contributed by atoms with Crippen LogP contribution >= 0.6 is 0 Å². The summed E-state index contributed by atoms with van der Waals surface area (Å²) >= 11 is 0. The molecule has 0 saturated heterocycles. The molecular formula is C7H12NO3-. The van der Waals surface area contributed by atoms with E-state index in [9.17, 15) is 14.7 Å². The SMILES string of the molecule is CC(=O)NCCC(C)C(=O)[O-]. The minimum atomic E-state index is -1.07. The molecule has 4 nitrogen and oxygen atoms in total. The summed E-state index contributed by atoms with van der Waals surface area (Å²) in [6.45, 7) is 3.34. The summed E-state index contributed by atoms with van der Waals surface area (Å²) in [4.78, 5) is 20.5. The van der Waals surface area contributed by atoms with Gasteiger partial charge in [0.15, 0.2) is 0 Å². The van der Waals surface area contributed by atoms with E-state index in [1.165, 1.54) is 6.92 Å². The van der Waals surface area contributed by atoms with E-state index < -0.39 is 11.9 Å². The molecule has 1 unspecified atom stereocenters. The standard InChI is InChI=1S/C7H13NO3/c1-5(7(10)11)3-4-8-6(2)9/h5H,3-4H2,1-2H3,(H,8,9)(H,10,11)/p-1. The van der Waals surface area contributed by atoms with Crippen molar-refractivity contribution in [3.8, 4) is 0 Å². The Balaban J connectivity index is 3.39. The zero-order valence-electron chi connectivity index (χ0n) is 6.72. The van der Waals surface area contributed by atoms with Crippen molar-refractivity contribution in [2.75, 3.05) is 6.54 Å². The molecule has 1 N–H and O–H groups in total. The van der Waals surface area contributed by atoms with E-state index >= 15 is 0 Å². The fraction of sp³-hybridized carbons (Fsp3) is 0.714. The molecule has 0 fully saturated rings. The van der Waals surface area contributed by atoms with Gasteiger partial charge in [0.1, 0.15) is 0 Å². The predicted molar refractivity (Wildman–Crippen MR) is 37.5 cm³/mol. The van der Waals surface area contributed by atoms with Crippen molar-refractivity contribution in [1.29, 1.82) is 0 Å². The van der Waals surface area contributed by atoms with Gasteiger partial charge < -0.3 is 15.2 Å². The number of carbonyl (C=O) groups is 2. The predicted octanol–water partition coefficient (Wildman–Crippen LogP) is -1.10. The third-order valence-corrected chi connectivity index (χ3v) is 1.35. The van der Waals surface area contributed by atoms with Crippen LogP contribution in [-0.2, 0) is 9.59 Å². The first-order valence-corrected chi connectivity index (χ1v) is 3.49. The van der Waals surface area contributed by atoms with E-state index in [2.05, 4.69) is 5.32 Å². The Morgan fingerprint density at radius 2 is 2.09 bits per heavy atom. The van der Waals surface area contributed by atoms with Crippen LogP contribution in [0, 0.1) is 5.92 Å². The first kappa shape index (κ1) is 9.94. The second kappa shape index (κ2) is 4.71. The molecule has 4 heteroatoms.